The minimum atomic E-state index is -0.0791. The molecule has 1 aliphatic rings. The smallest absolute Gasteiger partial charge is 0.163 e. The Morgan fingerprint density at radius 3 is 2.13 bits per heavy atom. The SMILES string of the molecule is CCC.CCCC(CC1CC(=O)c2c(C)c(CCCC(C)CC)cc(C(C)C)c2C1)C(CC)C(=O)CC(C)=O. The summed E-state index contributed by atoms with van der Waals surface area (Å²) in [6.45, 7) is 21.2. The third-order valence-corrected chi connectivity index (χ3v) is 8.69. The molecule has 0 heterocycles. The maximum Gasteiger partial charge on any atom is 0.163 e. The van der Waals surface area contributed by atoms with Crippen LogP contribution in [0.4, 0.5) is 0 Å². The van der Waals surface area contributed by atoms with Crippen molar-refractivity contribution in [3.05, 3.63) is 33.9 Å². The summed E-state index contributed by atoms with van der Waals surface area (Å²) in [5, 5.41) is 0. The van der Waals surface area contributed by atoms with Gasteiger partial charge in [-0.15, -0.1) is 0 Å². The summed E-state index contributed by atoms with van der Waals surface area (Å²) >= 11 is 0. The molecule has 0 N–H and O–H groups in total. The van der Waals surface area contributed by atoms with Gasteiger partial charge in [0, 0.05) is 17.9 Å². The Morgan fingerprint density at radius 1 is 0.974 bits per heavy atom. The topological polar surface area (TPSA) is 51.2 Å². The first-order valence-corrected chi connectivity index (χ1v) is 16.2. The van der Waals surface area contributed by atoms with Crippen LogP contribution in [0.5, 0.6) is 0 Å². The zero-order valence-corrected chi connectivity index (χ0v) is 27.2. The van der Waals surface area contributed by atoms with Crippen molar-refractivity contribution in [3.8, 4) is 0 Å². The molecule has 222 valence electrons. The van der Waals surface area contributed by atoms with Crippen LogP contribution >= 0.6 is 0 Å². The van der Waals surface area contributed by atoms with Gasteiger partial charge in [-0.25, -0.2) is 0 Å². The van der Waals surface area contributed by atoms with Crippen molar-refractivity contribution in [1.29, 1.82) is 0 Å². The lowest BCUT2D eigenvalue weighted by atomic mass is 9.70. The Morgan fingerprint density at radius 2 is 1.62 bits per heavy atom. The number of benzene rings is 1. The molecular weight excluding hydrogens is 480 g/mol. The highest BCUT2D eigenvalue weighted by Gasteiger charge is 2.34. The molecule has 39 heavy (non-hydrogen) atoms. The van der Waals surface area contributed by atoms with Crippen molar-refractivity contribution in [2.45, 2.75) is 152 Å². The fourth-order valence-corrected chi connectivity index (χ4v) is 6.51. The van der Waals surface area contributed by atoms with E-state index in [0.29, 0.717) is 18.1 Å². The number of aryl methyl sites for hydroxylation is 1. The van der Waals surface area contributed by atoms with Crippen LogP contribution in [0.15, 0.2) is 6.07 Å². The highest BCUT2D eigenvalue weighted by Crippen LogP contribution is 2.40. The van der Waals surface area contributed by atoms with Gasteiger partial charge in [-0.1, -0.05) is 93.6 Å². The molecule has 1 aromatic rings. The van der Waals surface area contributed by atoms with E-state index in [2.05, 4.69) is 68.4 Å². The Balaban J connectivity index is 0.00000242. The van der Waals surface area contributed by atoms with E-state index in [9.17, 15) is 14.4 Å². The minimum Gasteiger partial charge on any atom is -0.300 e. The molecule has 0 saturated carbocycles. The lowest BCUT2D eigenvalue weighted by Crippen LogP contribution is -2.30. The van der Waals surface area contributed by atoms with Crippen molar-refractivity contribution in [2.75, 3.05) is 0 Å². The summed E-state index contributed by atoms with van der Waals surface area (Å²) in [6, 6.07) is 2.40. The lowest BCUT2D eigenvalue weighted by Gasteiger charge is -2.33. The quantitative estimate of drug-likeness (QED) is 0.208. The minimum absolute atomic E-state index is 0.0433. The van der Waals surface area contributed by atoms with E-state index in [0.717, 1.165) is 50.0 Å². The first kappa shape index (κ1) is 35.3. The highest BCUT2D eigenvalue weighted by atomic mass is 16.1. The molecule has 3 nitrogen and oxygen atoms in total. The Hall–Kier alpha value is -1.77. The van der Waals surface area contributed by atoms with Gasteiger partial charge in [0.25, 0.3) is 0 Å². The van der Waals surface area contributed by atoms with Crippen molar-refractivity contribution in [3.63, 3.8) is 0 Å². The van der Waals surface area contributed by atoms with Crippen LogP contribution in [0, 0.1) is 30.6 Å². The molecule has 4 unspecified atom stereocenters. The fraction of sp³-hybridized carbons (Fsp3) is 0.750. The second-order valence-electron chi connectivity index (χ2n) is 12.7. The zero-order chi connectivity index (χ0) is 29.7. The Bertz CT molecular complexity index is 926. The number of carbonyl (C=O) groups is 3. The van der Waals surface area contributed by atoms with Crippen molar-refractivity contribution >= 4 is 17.3 Å². The fourth-order valence-electron chi connectivity index (χ4n) is 6.51. The number of ketones is 3. The predicted molar refractivity (Wildman–Crippen MR) is 167 cm³/mol. The van der Waals surface area contributed by atoms with E-state index in [1.54, 1.807) is 0 Å². The third-order valence-electron chi connectivity index (χ3n) is 8.69. The molecule has 0 radical (unpaired) electrons. The van der Waals surface area contributed by atoms with Crippen LogP contribution in [0.25, 0.3) is 0 Å². The Kier molecular flexibility index (Phi) is 16.1. The summed E-state index contributed by atoms with van der Waals surface area (Å²) in [5.74, 6) is 1.90. The van der Waals surface area contributed by atoms with E-state index in [1.807, 2.05) is 0 Å². The van der Waals surface area contributed by atoms with Crippen LogP contribution in [0.2, 0.25) is 0 Å². The summed E-state index contributed by atoms with van der Waals surface area (Å²) in [5.41, 5.74) is 6.18. The maximum atomic E-state index is 13.6. The van der Waals surface area contributed by atoms with Gasteiger partial charge >= 0.3 is 0 Å². The average Bonchev–Trinajstić information content (AvgIpc) is 2.85. The van der Waals surface area contributed by atoms with Crippen LogP contribution in [-0.4, -0.2) is 17.3 Å². The summed E-state index contributed by atoms with van der Waals surface area (Å²) in [6.07, 6.45) is 11.1. The van der Waals surface area contributed by atoms with E-state index >= 15 is 0 Å². The molecule has 2 rings (SSSR count). The number of carbonyl (C=O) groups excluding carboxylic acids is 3. The standard InChI is InChI=1S/C33H52O3.C3H8/c1-9-13-27(28(11-3)31(35)16-23(7)34)17-25-18-30-29(21(4)5)20-26(15-12-14-22(6)10-2)24(8)33(30)32(36)19-25;1-3-2/h20-22,25,27-28H,9-19H2,1-8H3;3H2,1-2H3. The second-order valence-corrected chi connectivity index (χ2v) is 12.7. The molecule has 0 aromatic heterocycles. The molecule has 0 bridgehead atoms. The maximum absolute atomic E-state index is 13.6. The van der Waals surface area contributed by atoms with Crippen LogP contribution in [-0.2, 0) is 22.4 Å². The molecule has 0 aliphatic heterocycles. The molecule has 0 fully saturated rings. The zero-order valence-electron chi connectivity index (χ0n) is 27.2. The third kappa shape index (κ3) is 10.6. The molecule has 0 saturated heterocycles. The number of fused-ring (bicyclic) bond motifs is 1. The number of rotatable bonds is 15. The average molecular weight is 541 g/mol. The van der Waals surface area contributed by atoms with Gasteiger partial charge in [-0.05, 0) is 91.9 Å². The van der Waals surface area contributed by atoms with E-state index in [1.165, 1.54) is 54.9 Å². The molecule has 3 heteroatoms. The van der Waals surface area contributed by atoms with Crippen LogP contribution < -0.4 is 0 Å². The normalized spacial score (nSPS) is 17.2. The largest absolute Gasteiger partial charge is 0.300 e. The van der Waals surface area contributed by atoms with Gasteiger partial charge in [0.15, 0.2) is 5.78 Å². The van der Waals surface area contributed by atoms with Crippen molar-refractivity contribution < 1.29 is 14.4 Å². The van der Waals surface area contributed by atoms with Gasteiger partial charge < -0.3 is 0 Å². The van der Waals surface area contributed by atoms with Gasteiger partial charge in [-0.2, -0.15) is 0 Å². The van der Waals surface area contributed by atoms with E-state index in [4.69, 9.17) is 0 Å². The highest BCUT2D eigenvalue weighted by molar-refractivity contribution is 6.01. The molecule has 4 atom stereocenters. The Labute approximate surface area is 241 Å². The van der Waals surface area contributed by atoms with E-state index < -0.39 is 0 Å². The molecular formula is C36H60O3. The number of Topliss-reactive ketones (excluding diaryl/α,β-unsaturated/α-hetero) is 3. The molecule has 0 amide bonds. The number of hydrogen-bond acceptors (Lipinski definition) is 3. The van der Waals surface area contributed by atoms with Crippen LogP contribution in [0.1, 0.15) is 165 Å². The van der Waals surface area contributed by atoms with E-state index in [-0.39, 0.29) is 35.7 Å². The molecule has 1 aromatic carbocycles. The predicted octanol–water partition coefficient (Wildman–Crippen LogP) is 10.0. The number of hydrogen-bond donors (Lipinski definition) is 0. The molecule has 1 aliphatic carbocycles. The van der Waals surface area contributed by atoms with Gasteiger partial charge in [0.2, 0.25) is 0 Å². The summed E-state index contributed by atoms with van der Waals surface area (Å²) in [4.78, 5) is 38.1. The second kappa shape index (κ2) is 17.8. The van der Waals surface area contributed by atoms with Crippen molar-refractivity contribution in [2.24, 2.45) is 23.7 Å². The monoisotopic (exact) mass is 540 g/mol. The molecule has 0 spiro atoms. The van der Waals surface area contributed by atoms with Gasteiger partial charge in [-0.3, -0.25) is 14.4 Å². The summed E-state index contributed by atoms with van der Waals surface area (Å²) < 4.78 is 0. The first-order valence-electron chi connectivity index (χ1n) is 16.2. The van der Waals surface area contributed by atoms with Gasteiger partial charge in [0.05, 0.1) is 6.42 Å². The van der Waals surface area contributed by atoms with Crippen LogP contribution in [0.3, 0.4) is 0 Å². The lowest BCUT2D eigenvalue weighted by molar-refractivity contribution is -0.129. The first-order chi connectivity index (χ1) is 18.4. The summed E-state index contributed by atoms with van der Waals surface area (Å²) in [7, 11) is 0. The van der Waals surface area contributed by atoms with Gasteiger partial charge in [0.1, 0.15) is 11.6 Å². The van der Waals surface area contributed by atoms with Crippen molar-refractivity contribution in [1.82, 2.24) is 0 Å².